The first-order chi connectivity index (χ1) is 14.1. The molecule has 164 valence electrons. The van der Waals surface area contributed by atoms with Crippen molar-refractivity contribution >= 4 is 23.8 Å². The minimum Gasteiger partial charge on any atom is -0.478 e. The number of carboxylic acid groups (broad SMARTS) is 2. The number of aliphatic carboxylic acids is 2. The number of ether oxygens (including phenoxy) is 1. The van der Waals surface area contributed by atoms with Crippen molar-refractivity contribution in [2.75, 3.05) is 27.2 Å². The van der Waals surface area contributed by atoms with Crippen molar-refractivity contribution in [2.45, 2.75) is 25.4 Å². The molecule has 0 saturated carbocycles. The molecule has 1 aromatic rings. The number of carbonyl (C=O) groups excluding carboxylic acids is 2. The van der Waals surface area contributed by atoms with Crippen LogP contribution in [-0.4, -0.2) is 77.1 Å². The number of hydrogen-bond acceptors (Lipinski definition) is 6. The van der Waals surface area contributed by atoms with Crippen molar-refractivity contribution < 1.29 is 38.5 Å². The summed E-state index contributed by atoms with van der Waals surface area (Å²) in [7, 11) is 3.79. The van der Waals surface area contributed by atoms with E-state index < -0.39 is 18.0 Å². The van der Waals surface area contributed by atoms with Crippen LogP contribution in [0.3, 0.4) is 0 Å². The zero-order valence-electron chi connectivity index (χ0n) is 16.8. The highest BCUT2D eigenvalue weighted by Gasteiger charge is 2.37. The highest BCUT2D eigenvalue weighted by Crippen LogP contribution is 2.22. The number of likely N-dealkylation sites (tertiary alicyclic amines) is 1. The molecule has 2 rings (SSSR count). The van der Waals surface area contributed by atoms with E-state index in [0.29, 0.717) is 44.7 Å². The van der Waals surface area contributed by atoms with Crippen molar-refractivity contribution in [1.29, 1.82) is 0 Å². The Morgan fingerprint density at radius 3 is 2.23 bits per heavy atom. The van der Waals surface area contributed by atoms with Crippen LogP contribution in [0.1, 0.15) is 18.4 Å². The number of esters is 1. The van der Waals surface area contributed by atoms with Crippen molar-refractivity contribution in [2.24, 2.45) is 0 Å². The van der Waals surface area contributed by atoms with Crippen LogP contribution in [-0.2, 0) is 30.5 Å². The first-order valence-electron chi connectivity index (χ1n) is 9.09. The van der Waals surface area contributed by atoms with Gasteiger partial charge in [-0.05, 0) is 38.2 Å². The molecular weight excluding hydrogens is 399 g/mol. The van der Waals surface area contributed by atoms with Gasteiger partial charge in [-0.3, -0.25) is 4.79 Å². The van der Waals surface area contributed by atoms with Crippen LogP contribution in [0.4, 0.5) is 4.39 Å². The van der Waals surface area contributed by atoms with E-state index in [4.69, 9.17) is 14.9 Å². The van der Waals surface area contributed by atoms with Crippen LogP contribution in [0.2, 0.25) is 0 Å². The Kier molecular flexibility index (Phi) is 10.2. The summed E-state index contributed by atoms with van der Waals surface area (Å²) < 4.78 is 18.2. The molecule has 1 amide bonds. The normalized spacial score (nSPS) is 15.8. The lowest BCUT2D eigenvalue weighted by Gasteiger charge is -2.23. The second-order valence-corrected chi connectivity index (χ2v) is 6.68. The Hall–Kier alpha value is -3.27. The van der Waals surface area contributed by atoms with Crippen LogP contribution in [0.25, 0.3) is 0 Å². The Morgan fingerprint density at radius 2 is 1.73 bits per heavy atom. The summed E-state index contributed by atoms with van der Waals surface area (Å²) in [5.74, 6) is -3.27. The van der Waals surface area contributed by atoms with E-state index >= 15 is 0 Å². The number of nitrogens with zero attached hydrogens (tertiary/aromatic N) is 2. The number of carboxylic acids is 2. The molecule has 1 atom stereocenters. The van der Waals surface area contributed by atoms with E-state index in [1.54, 1.807) is 12.1 Å². The number of amides is 1. The highest BCUT2D eigenvalue weighted by molar-refractivity contribution is 5.89. The molecule has 0 spiro atoms. The van der Waals surface area contributed by atoms with Gasteiger partial charge < -0.3 is 24.7 Å². The smallest absolute Gasteiger partial charge is 0.328 e. The summed E-state index contributed by atoms with van der Waals surface area (Å²) in [6.07, 6.45) is 1.93. The SMILES string of the molecule is CN(C)CCOC(=O)[C@@H]1CCC(=O)N1Cc1ccc(F)cc1.O=C(O)/C=C\C(=O)O. The molecule has 0 aliphatic carbocycles. The van der Waals surface area contributed by atoms with Gasteiger partial charge in [-0.1, -0.05) is 12.1 Å². The predicted octanol–water partition coefficient (Wildman–Crippen LogP) is 1.13. The standard InChI is InChI=1S/C16H21FN2O3.C4H4O4/c1-18(2)9-10-22-16(21)14-7-8-15(20)19(14)11-12-3-5-13(17)6-4-12;5-3(6)1-2-4(7)8/h3-6,14H,7-11H2,1-2H3;1-2H,(H,5,6)(H,7,8)/b;2-1-/t14-;/m0./s1. The number of likely N-dealkylation sites (N-methyl/N-ethyl adjacent to an activating group) is 1. The highest BCUT2D eigenvalue weighted by atomic mass is 19.1. The largest absolute Gasteiger partial charge is 0.478 e. The molecule has 1 aliphatic rings. The van der Waals surface area contributed by atoms with Crippen molar-refractivity contribution in [3.8, 4) is 0 Å². The van der Waals surface area contributed by atoms with Gasteiger partial charge in [0.05, 0.1) is 0 Å². The Bertz CT molecular complexity index is 762. The molecule has 1 aliphatic heterocycles. The number of carbonyl (C=O) groups is 4. The van der Waals surface area contributed by atoms with Crippen LogP contribution >= 0.6 is 0 Å². The van der Waals surface area contributed by atoms with Crippen molar-refractivity contribution in [3.63, 3.8) is 0 Å². The third-order valence-corrected chi connectivity index (χ3v) is 4.02. The van der Waals surface area contributed by atoms with E-state index in [2.05, 4.69) is 0 Å². The van der Waals surface area contributed by atoms with Crippen molar-refractivity contribution in [3.05, 3.63) is 47.8 Å². The number of benzene rings is 1. The summed E-state index contributed by atoms with van der Waals surface area (Å²) in [4.78, 5) is 46.7. The fourth-order valence-corrected chi connectivity index (χ4v) is 2.53. The van der Waals surface area contributed by atoms with Gasteiger partial charge in [0.15, 0.2) is 0 Å². The molecule has 0 radical (unpaired) electrons. The fourth-order valence-electron chi connectivity index (χ4n) is 2.53. The molecule has 1 aromatic carbocycles. The molecule has 1 saturated heterocycles. The van der Waals surface area contributed by atoms with E-state index in [-0.39, 0.29) is 17.7 Å². The summed E-state index contributed by atoms with van der Waals surface area (Å²) in [5, 5.41) is 15.6. The molecule has 30 heavy (non-hydrogen) atoms. The van der Waals surface area contributed by atoms with Gasteiger partial charge in [-0.25, -0.2) is 18.8 Å². The lowest BCUT2D eigenvalue weighted by Crippen LogP contribution is -2.39. The maximum atomic E-state index is 12.9. The Morgan fingerprint density at radius 1 is 1.17 bits per heavy atom. The van der Waals surface area contributed by atoms with Crippen LogP contribution in [0.5, 0.6) is 0 Å². The summed E-state index contributed by atoms with van der Waals surface area (Å²) >= 11 is 0. The monoisotopic (exact) mass is 424 g/mol. The summed E-state index contributed by atoms with van der Waals surface area (Å²) in [6.45, 7) is 1.25. The molecule has 10 heteroatoms. The second-order valence-electron chi connectivity index (χ2n) is 6.68. The molecule has 0 bridgehead atoms. The van der Waals surface area contributed by atoms with Crippen LogP contribution in [0.15, 0.2) is 36.4 Å². The van der Waals surface area contributed by atoms with Gasteiger partial charge in [0, 0.05) is 31.7 Å². The fraction of sp³-hybridized carbons (Fsp3) is 0.400. The van der Waals surface area contributed by atoms with Gasteiger partial charge >= 0.3 is 17.9 Å². The number of rotatable bonds is 8. The lowest BCUT2D eigenvalue weighted by atomic mass is 10.2. The first-order valence-corrected chi connectivity index (χ1v) is 9.09. The van der Waals surface area contributed by atoms with Gasteiger partial charge in [-0.15, -0.1) is 0 Å². The maximum Gasteiger partial charge on any atom is 0.328 e. The van der Waals surface area contributed by atoms with E-state index in [0.717, 1.165) is 5.56 Å². The quantitative estimate of drug-likeness (QED) is 0.470. The molecular formula is C20H25FN2O7. The predicted molar refractivity (Wildman–Crippen MR) is 104 cm³/mol. The average molecular weight is 424 g/mol. The van der Waals surface area contributed by atoms with Gasteiger partial charge in [-0.2, -0.15) is 0 Å². The minimum absolute atomic E-state index is 0.0705. The van der Waals surface area contributed by atoms with Crippen LogP contribution < -0.4 is 0 Å². The van der Waals surface area contributed by atoms with Gasteiger partial charge in [0.25, 0.3) is 0 Å². The minimum atomic E-state index is -1.26. The second kappa shape index (κ2) is 12.3. The lowest BCUT2D eigenvalue weighted by molar-refractivity contribution is -0.152. The first kappa shape index (κ1) is 24.8. The molecule has 2 N–H and O–H groups in total. The topological polar surface area (TPSA) is 124 Å². The third kappa shape index (κ3) is 9.28. The van der Waals surface area contributed by atoms with E-state index in [9.17, 15) is 23.6 Å². The zero-order chi connectivity index (χ0) is 22.7. The Balaban J connectivity index is 0.000000479. The maximum absolute atomic E-state index is 12.9. The molecule has 0 unspecified atom stereocenters. The summed E-state index contributed by atoms with van der Waals surface area (Å²) in [6, 6.07) is 5.39. The molecule has 0 aromatic heterocycles. The molecule has 1 fully saturated rings. The third-order valence-electron chi connectivity index (χ3n) is 4.02. The average Bonchev–Trinajstić information content (AvgIpc) is 3.02. The van der Waals surface area contributed by atoms with Gasteiger partial charge in [0.1, 0.15) is 18.5 Å². The molecule has 1 heterocycles. The number of hydrogen-bond donors (Lipinski definition) is 2. The zero-order valence-corrected chi connectivity index (χ0v) is 16.8. The Labute approximate surface area is 173 Å². The molecule has 9 nitrogen and oxygen atoms in total. The van der Waals surface area contributed by atoms with Gasteiger partial charge in [0.2, 0.25) is 5.91 Å². The van der Waals surface area contributed by atoms with Crippen molar-refractivity contribution in [1.82, 2.24) is 9.80 Å². The van der Waals surface area contributed by atoms with Crippen LogP contribution in [0, 0.1) is 5.82 Å². The summed E-state index contributed by atoms with van der Waals surface area (Å²) in [5.41, 5.74) is 0.794. The number of halogens is 1. The van der Waals surface area contributed by atoms with E-state index in [1.165, 1.54) is 17.0 Å². The van der Waals surface area contributed by atoms with E-state index in [1.807, 2.05) is 19.0 Å².